The highest BCUT2D eigenvalue weighted by atomic mass is 35.5. The molecule has 0 bridgehead atoms. The predicted molar refractivity (Wildman–Crippen MR) is 102 cm³/mol. The number of carbonyl (C=O) groups excluding carboxylic acids is 1. The normalized spacial score (nSPS) is 13.8. The van der Waals surface area contributed by atoms with Crippen LogP contribution in [0.5, 0.6) is 5.75 Å². The molecule has 1 aromatic carbocycles. The number of aromatic hydroxyl groups is 1. The molecule has 0 aliphatic heterocycles. The molecule has 0 amide bonds. The monoisotopic (exact) mass is 379 g/mol. The largest absolute Gasteiger partial charge is 0.508 e. The number of thiophene rings is 1. The number of phenolic OH excluding ortho intramolecular Hbond substituents is 1. The van der Waals surface area contributed by atoms with Crippen molar-refractivity contribution in [1.82, 2.24) is 0 Å². The third kappa shape index (κ3) is 4.10. The second kappa shape index (κ2) is 8.11. The van der Waals surface area contributed by atoms with Gasteiger partial charge in [0.05, 0.1) is 12.2 Å². The number of hydrogen-bond acceptors (Lipinski definition) is 5. The van der Waals surface area contributed by atoms with Crippen LogP contribution in [0.15, 0.2) is 18.2 Å². The second-order valence-corrected chi connectivity index (χ2v) is 7.66. The van der Waals surface area contributed by atoms with Gasteiger partial charge in [0.15, 0.2) is 0 Å². The molecule has 0 saturated heterocycles. The summed E-state index contributed by atoms with van der Waals surface area (Å²) in [5, 5.41) is 14.7. The maximum Gasteiger partial charge on any atom is 0.341 e. The standard InChI is InChI=1S/C19H22ClNO3S/c1-2-24-19(23)17-14-6-4-3-5-7-16(14)25-18(17)21-11-12-10-13(20)8-9-15(12)22/h8-10,21-22H,2-7,11H2,1H3. The Morgan fingerprint density at radius 1 is 1.32 bits per heavy atom. The van der Waals surface area contributed by atoms with Gasteiger partial charge in [-0.1, -0.05) is 18.0 Å². The molecular weight excluding hydrogens is 358 g/mol. The summed E-state index contributed by atoms with van der Waals surface area (Å²) in [5.41, 5.74) is 2.51. The molecule has 1 heterocycles. The quantitative estimate of drug-likeness (QED) is 0.556. The highest BCUT2D eigenvalue weighted by molar-refractivity contribution is 7.16. The maximum absolute atomic E-state index is 12.5. The SMILES string of the molecule is CCOC(=O)c1c(NCc2cc(Cl)ccc2O)sc2c1CCCCC2. The van der Waals surface area contributed by atoms with Crippen molar-refractivity contribution in [2.75, 3.05) is 11.9 Å². The summed E-state index contributed by atoms with van der Waals surface area (Å²) in [6.07, 6.45) is 5.39. The first-order valence-electron chi connectivity index (χ1n) is 8.63. The summed E-state index contributed by atoms with van der Waals surface area (Å²) in [5.74, 6) is -0.0765. The van der Waals surface area contributed by atoms with Gasteiger partial charge in [-0.2, -0.15) is 0 Å². The van der Waals surface area contributed by atoms with Crippen LogP contribution in [0.3, 0.4) is 0 Å². The van der Waals surface area contributed by atoms with E-state index >= 15 is 0 Å². The Bertz CT molecular complexity index is 772. The van der Waals surface area contributed by atoms with Gasteiger partial charge in [0.1, 0.15) is 10.8 Å². The van der Waals surface area contributed by atoms with E-state index in [0.717, 1.165) is 36.2 Å². The molecule has 1 aliphatic rings. The third-order valence-corrected chi connectivity index (χ3v) is 5.87. The van der Waals surface area contributed by atoms with Crippen molar-refractivity contribution in [1.29, 1.82) is 0 Å². The Labute approximate surface area is 156 Å². The van der Waals surface area contributed by atoms with Crippen molar-refractivity contribution in [2.45, 2.75) is 45.6 Å². The van der Waals surface area contributed by atoms with Gasteiger partial charge in [0, 0.05) is 22.0 Å². The minimum atomic E-state index is -0.264. The molecular formula is C19H22ClNO3S. The lowest BCUT2D eigenvalue weighted by Crippen LogP contribution is -2.10. The lowest BCUT2D eigenvalue weighted by Gasteiger charge is -2.10. The van der Waals surface area contributed by atoms with Crippen LogP contribution in [-0.2, 0) is 24.1 Å². The minimum absolute atomic E-state index is 0.188. The van der Waals surface area contributed by atoms with Crippen LogP contribution in [0, 0.1) is 0 Å². The molecule has 2 N–H and O–H groups in total. The van der Waals surface area contributed by atoms with Crippen LogP contribution >= 0.6 is 22.9 Å². The van der Waals surface area contributed by atoms with E-state index in [-0.39, 0.29) is 11.7 Å². The summed E-state index contributed by atoms with van der Waals surface area (Å²) in [7, 11) is 0. The van der Waals surface area contributed by atoms with E-state index < -0.39 is 0 Å². The van der Waals surface area contributed by atoms with Gasteiger partial charge in [-0.3, -0.25) is 0 Å². The van der Waals surface area contributed by atoms with E-state index in [1.807, 2.05) is 6.92 Å². The number of halogens is 1. The number of hydrogen-bond donors (Lipinski definition) is 2. The van der Waals surface area contributed by atoms with Crippen molar-refractivity contribution in [3.05, 3.63) is 44.8 Å². The molecule has 4 nitrogen and oxygen atoms in total. The first kappa shape index (κ1) is 18.1. The molecule has 0 atom stereocenters. The summed E-state index contributed by atoms with van der Waals surface area (Å²) in [6, 6.07) is 4.96. The smallest absolute Gasteiger partial charge is 0.341 e. The Balaban J connectivity index is 1.89. The van der Waals surface area contributed by atoms with Crippen LogP contribution in [0.4, 0.5) is 5.00 Å². The zero-order chi connectivity index (χ0) is 17.8. The van der Waals surface area contributed by atoms with Crippen molar-refractivity contribution < 1.29 is 14.6 Å². The van der Waals surface area contributed by atoms with Crippen LogP contribution < -0.4 is 5.32 Å². The second-order valence-electron chi connectivity index (χ2n) is 6.12. The molecule has 0 radical (unpaired) electrons. The molecule has 1 aliphatic carbocycles. The van der Waals surface area contributed by atoms with Gasteiger partial charge in [-0.15, -0.1) is 11.3 Å². The van der Waals surface area contributed by atoms with Gasteiger partial charge in [0.2, 0.25) is 0 Å². The Morgan fingerprint density at radius 3 is 2.92 bits per heavy atom. The molecule has 1 aromatic heterocycles. The maximum atomic E-state index is 12.5. The molecule has 0 saturated carbocycles. The number of nitrogens with one attached hydrogen (secondary N) is 1. The average molecular weight is 380 g/mol. The number of rotatable bonds is 5. The van der Waals surface area contributed by atoms with Gasteiger partial charge in [-0.05, 0) is 56.4 Å². The van der Waals surface area contributed by atoms with E-state index in [9.17, 15) is 9.90 Å². The van der Waals surface area contributed by atoms with E-state index in [2.05, 4.69) is 5.32 Å². The van der Waals surface area contributed by atoms with Gasteiger partial charge in [0.25, 0.3) is 0 Å². The Kier molecular flexibility index (Phi) is 5.86. The van der Waals surface area contributed by atoms with E-state index in [0.29, 0.717) is 29.3 Å². The van der Waals surface area contributed by atoms with Crippen LogP contribution in [0.2, 0.25) is 5.02 Å². The molecule has 0 fully saturated rings. The van der Waals surface area contributed by atoms with Crippen molar-refractivity contribution in [3.63, 3.8) is 0 Å². The van der Waals surface area contributed by atoms with Crippen LogP contribution in [0.25, 0.3) is 0 Å². The lowest BCUT2D eigenvalue weighted by atomic mass is 10.1. The summed E-state index contributed by atoms with van der Waals surface area (Å²) in [6.45, 7) is 2.58. The number of anilines is 1. The summed E-state index contributed by atoms with van der Waals surface area (Å²) >= 11 is 7.64. The van der Waals surface area contributed by atoms with E-state index in [4.69, 9.17) is 16.3 Å². The molecule has 25 heavy (non-hydrogen) atoms. The minimum Gasteiger partial charge on any atom is -0.508 e. The molecule has 0 spiro atoms. The highest BCUT2D eigenvalue weighted by Crippen LogP contribution is 2.38. The number of ether oxygens (including phenoxy) is 1. The molecule has 6 heteroatoms. The topological polar surface area (TPSA) is 58.6 Å². The third-order valence-electron chi connectivity index (χ3n) is 4.38. The highest BCUT2D eigenvalue weighted by Gasteiger charge is 2.25. The van der Waals surface area contributed by atoms with E-state index in [1.165, 1.54) is 11.3 Å². The average Bonchev–Trinajstić information content (AvgIpc) is 2.77. The summed E-state index contributed by atoms with van der Waals surface area (Å²) in [4.78, 5) is 13.8. The molecule has 2 aromatic rings. The number of aryl methyl sites for hydroxylation is 1. The zero-order valence-corrected chi connectivity index (χ0v) is 15.8. The van der Waals surface area contributed by atoms with Gasteiger partial charge in [-0.25, -0.2) is 4.79 Å². The molecule has 134 valence electrons. The fraction of sp³-hybridized carbons (Fsp3) is 0.421. The van der Waals surface area contributed by atoms with Crippen molar-refractivity contribution in [2.24, 2.45) is 0 Å². The first-order valence-corrected chi connectivity index (χ1v) is 9.82. The number of benzene rings is 1. The van der Waals surface area contributed by atoms with Crippen molar-refractivity contribution in [3.8, 4) is 5.75 Å². The number of fused-ring (bicyclic) bond motifs is 1. The molecule has 3 rings (SSSR count). The summed E-state index contributed by atoms with van der Waals surface area (Å²) < 4.78 is 5.29. The molecule has 0 unspecified atom stereocenters. The van der Waals surface area contributed by atoms with Gasteiger partial charge < -0.3 is 15.2 Å². The van der Waals surface area contributed by atoms with Crippen molar-refractivity contribution >= 4 is 33.9 Å². The van der Waals surface area contributed by atoms with E-state index in [1.54, 1.807) is 29.5 Å². The Hall–Kier alpha value is -1.72. The number of esters is 1. The van der Waals surface area contributed by atoms with Gasteiger partial charge >= 0.3 is 5.97 Å². The first-order chi connectivity index (χ1) is 12.1. The fourth-order valence-electron chi connectivity index (χ4n) is 3.16. The van der Waals surface area contributed by atoms with Crippen LogP contribution in [-0.4, -0.2) is 17.7 Å². The number of carbonyl (C=O) groups is 1. The van der Waals surface area contributed by atoms with Crippen LogP contribution in [0.1, 0.15) is 52.5 Å². The Morgan fingerprint density at radius 2 is 2.12 bits per heavy atom. The number of phenols is 1. The fourth-order valence-corrected chi connectivity index (χ4v) is 4.63. The zero-order valence-electron chi connectivity index (χ0n) is 14.2. The predicted octanol–water partition coefficient (Wildman–Crippen LogP) is 5.16. The lowest BCUT2D eigenvalue weighted by molar-refractivity contribution is 0.0526.